The van der Waals surface area contributed by atoms with Gasteiger partial charge in [-0.3, -0.25) is 0 Å². The first kappa shape index (κ1) is 11.0. The zero-order chi connectivity index (χ0) is 10.2. The molecule has 0 aliphatic carbocycles. The van der Waals surface area contributed by atoms with Crippen molar-refractivity contribution < 1.29 is 5.11 Å². The summed E-state index contributed by atoms with van der Waals surface area (Å²) in [4.78, 5) is 2.09. The lowest BCUT2D eigenvalue weighted by molar-refractivity contribution is 0.225. The smallest absolute Gasteiger partial charge is 0.0558 e. The summed E-state index contributed by atoms with van der Waals surface area (Å²) in [6.07, 6.45) is 0. The summed E-state index contributed by atoms with van der Waals surface area (Å²) in [6.45, 7) is 2.80. The van der Waals surface area contributed by atoms with Gasteiger partial charge in [0.15, 0.2) is 0 Å². The van der Waals surface area contributed by atoms with Crippen LogP contribution in [0.15, 0.2) is 30.3 Å². The van der Waals surface area contributed by atoms with Crippen LogP contribution in [-0.2, 0) is 0 Å². The maximum Gasteiger partial charge on any atom is 0.0558 e. The number of rotatable bonds is 6. The molecular formula is C11H18N2O. The van der Waals surface area contributed by atoms with Gasteiger partial charge in [0.05, 0.1) is 6.61 Å². The SMILES string of the molecule is CN(CCO)CCNc1ccccc1. The van der Waals surface area contributed by atoms with E-state index < -0.39 is 0 Å². The zero-order valence-electron chi connectivity index (χ0n) is 8.61. The number of likely N-dealkylation sites (N-methyl/N-ethyl adjacent to an activating group) is 1. The number of nitrogens with zero attached hydrogens (tertiary/aromatic N) is 1. The molecule has 0 unspecified atom stereocenters. The van der Waals surface area contributed by atoms with Crippen molar-refractivity contribution >= 4 is 5.69 Å². The van der Waals surface area contributed by atoms with Crippen molar-refractivity contribution in [3.63, 3.8) is 0 Å². The number of hydrogen-bond acceptors (Lipinski definition) is 3. The highest BCUT2D eigenvalue weighted by Gasteiger charge is 1.95. The molecule has 1 rings (SSSR count). The van der Waals surface area contributed by atoms with Gasteiger partial charge in [-0.25, -0.2) is 0 Å². The van der Waals surface area contributed by atoms with E-state index >= 15 is 0 Å². The van der Waals surface area contributed by atoms with Crippen molar-refractivity contribution in [2.75, 3.05) is 38.6 Å². The third-order valence-electron chi connectivity index (χ3n) is 2.08. The van der Waals surface area contributed by atoms with Gasteiger partial charge in [-0.2, -0.15) is 0 Å². The fourth-order valence-corrected chi connectivity index (χ4v) is 1.23. The minimum Gasteiger partial charge on any atom is -0.395 e. The van der Waals surface area contributed by atoms with E-state index in [1.54, 1.807) is 0 Å². The van der Waals surface area contributed by atoms with E-state index in [0.717, 1.165) is 25.3 Å². The molecule has 0 aromatic heterocycles. The number of anilines is 1. The maximum atomic E-state index is 8.69. The van der Waals surface area contributed by atoms with E-state index in [4.69, 9.17) is 5.11 Å². The molecule has 0 aliphatic heterocycles. The second kappa shape index (κ2) is 6.40. The van der Waals surface area contributed by atoms with Crippen LogP contribution in [0.25, 0.3) is 0 Å². The van der Waals surface area contributed by atoms with Crippen molar-refractivity contribution in [2.24, 2.45) is 0 Å². The molecule has 0 spiro atoms. The average molecular weight is 194 g/mol. The summed E-state index contributed by atoms with van der Waals surface area (Å²) in [5.41, 5.74) is 1.14. The topological polar surface area (TPSA) is 35.5 Å². The van der Waals surface area contributed by atoms with Crippen molar-refractivity contribution in [2.45, 2.75) is 0 Å². The van der Waals surface area contributed by atoms with Gasteiger partial charge < -0.3 is 15.3 Å². The van der Waals surface area contributed by atoms with Gasteiger partial charge in [0.2, 0.25) is 0 Å². The molecule has 0 saturated carbocycles. The van der Waals surface area contributed by atoms with Gasteiger partial charge in [-0.05, 0) is 19.2 Å². The summed E-state index contributed by atoms with van der Waals surface area (Å²) in [5.74, 6) is 0. The fraction of sp³-hybridized carbons (Fsp3) is 0.455. The predicted molar refractivity (Wildman–Crippen MR) is 59.5 cm³/mol. The van der Waals surface area contributed by atoms with Crippen LogP contribution in [0, 0.1) is 0 Å². The summed E-state index contributed by atoms with van der Waals surface area (Å²) >= 11 is 0. The monoisotopic (exact) mass is 194 g/mol. The van der Waals surface area contributed by atoms with Gasteiger partial charge in [0, 0.05) is 25.3 Å². The van der Waals surface area contributed by atoms with E-state index in [1.807, 2.05) is 37.4 Å². The first-order chi connectivity index (χ1) is 6.83. The quantitative estimate of drug-likeness (QED) is 0.710. The Morgan fingerprint density at radius 3 is 2.57 bits per heavy atom. The van der Waals surface area contributed by atoms with Gasteiger partial charge >= 0.3 is 0 Å². The highest BCUT2D eigenvalue weighted by Crippen LogP contribution is 2.03. The normalized spacial score (nSPS) is 10.5. The van der Waals surface area contributed by atoms with E-state index in [2.05, 4.69) is 10.2 Å². The summed E-state index contributed by atoms with van der Waals surface area (Å²) in [7, 11) is 2.00. The van der Waals surface area contributed by atoms with Crippen LogP contribution >= 0.6 is 0 Å². The minimum atomic E-state index is 0.224. The average Bonchev–Trinajstić information content (AvgIpc) is 2.20. The number of para-hydroxylation sites is 1. The van der Waals surface area contributed by atoms with Crippen molar-refractivity contribution in [3.05, 3.63) is 30.3 Å². The first-order valence-electron chi connectivity index (χ1n) is 4.91. The van der Waals surface area contributed by atoms with Gasteiger partial charge in [-0.1, -0.05) is 18.2 Å². The van der Waals surface area contributed by atoms with Crippen LogP contribution in [0.3, 0.4) is 0 Å². The Morgan fingerprint density at radius 1 is 1.21 bits per heavy atom. The fourth-order valence-electron chi connectivity index (χ4n) is 1.23. The number of nitrogens with one attached hydrogen (secondary N) is 1. The molecule has 0 amide bonds. The van der Waals surface area contributed by atoms with Crippen LogP contribution in [-0.4, -0.2) is 43.3 Å². The Labute approximate surface area is 85.4 Å². The molecule has 3 heteroatoms. The summed E-state index contributed by atoms with van der Waals surface area (Å²) in [5, 5.41) is 12.0. The Balaban J connectivity index is 2.16. The lowest BCUT2D eigenvalue weighted by Gasteiger charge is -2.15. The Morgan fingerprint density at radius 2 is 1.93 bits per heavy atom. The van der Waals surface area contributed by atoms with Crippen molar-refractivity contribution in [1.82, 2.24) is 4.90 Å². The molecule has 0 bridgehead atoms. The molecule has 0 aliphatic rings. The lowest BCUT2D eigenvalue weighted by atomic mass is 10.3. The molecule has 0 fully saturated rings. The Hall–Kier alpha value is -1.06. The third kappa shape index (κ3) is 4.25. The molecule has 14 heavy (non-hydrogen) atoms. The largest absolute Gasteiger partial charge is 0.395 e. The predicted octanol–water partition coefficient (Wildman–Crippen LogP) is 1.02. The Bertz CT molecular complexity index is 238. The van der Waals surface area contributed by atoms with Crippen LogP contribution in [0.5, 0.6) is 0 Å². The van der Waals surface area contributed by atoms with E-state index in [-0.39, 0.29) is 6.61 Å². The van der Waals surface area contributed by atoms with E-state index in [1.165, 1.54) is 0 Å². The van der Waals surface area contributed by atoms with Gasteiger partial charge in [-0.15, -0.1) is 0 Å². The van der Waals surface area contributed by atoms with E-state index in [9.17, 15) is 0 Å². The molecule has 1 aromatic rings. The molecule has 0 saturated heterocycles. The molecule has 0 radical (unpaired) electrons. The van der Waals surface area contributed by atoms with E-state index in [0.29, 0.717) is 0 Å². The number of benzene rings is 1. The van der Waals surface area contributed by atoms with Crippen LogP contribution < -0.4 is 5.32 Å². The molecule has 78 valence electrons. The molecule has 0 heterocycles. The highest BCUT2D eigenvalue weighted by atomic mass is 16.3. The summed E-state index contributed by atoms with van der Waals surface area (Å²) < 4.78 is 0. The van der Waals surface area contributed by atoms with Crippen LogP contribution in [0.2, 0.25) is 0 Å². The zero-order valence-corrected chi connectivity index (χ0v) is 8.61. The van der Waals surface area contributed by atoms with Crippen LogP contribution in [0.1, 0.15) is 0 Å². The third-order valence-corrected chi connectivity index (χ3v) is 2.08. The molecular weight excluding hydrogens is 176 g/mol. The van der Waals surface area contributed by atoms with Gasteiger partial charge in [0.25, 0.3) is 0 Å². The number of hydrogen-bond donors (Lipinski definition) is 2. The van der Waals surface area contributed by atoms with Crippen molar-refractivity contribution in [3.8, 4) is 0 Å². The molecule has 3 nitrogen and oxygen atoms in total. The number of aliphatic hydroxyl groups excluding tert-OH is 1. The molecule has 1 aromatic carbocycles. The Kier molecular flexibility index (Phi) is 5.04. The number of aliphatic hydroxyl groups is 1. The molecule has 2 N–H and O–H groups in total. The maximum absolute atomic E-state index is 8.69. The second-order valence-electron chi connectivity index (χ2n) is 3.32. The standard InChI is InChI=1S/C11H18N2O/c1-13(9-10-14)8-7-12-11-5-3-2-4-6-11/h2-6,12,14H,7-10H2,1H3. The summed E-state index contributed by atoms with van der Waals surface area (Å²) in [6, 6.07) is 10.1. The van der Waals surface area contributed by atoms with Crippen molar-refractivity contribution in [1.29, 1.82) is 0 Å². The first-order valence-corrected chi connectivity index (χ1v) is 4.91. The van der Waals surface area contributed by atoms with Crippen LogP contribution in [0.4, 0.5) is 5.69 Å². The van der Waals surface area contributed by atoms with Gasteiger partial charge in [0.1, 0.15) is 0 Å². The minimum absolute atomic E-state index is 0.224. The highest BCUT2D eigenvalue weighted by molar-refractivity contribution is 5.42. The molecule has 0 atom stereocenters. The lowest BCUT2D eigenvalue weighted by Crippen LogP contribution is -2.27. The second-order valence-corrected chi connectivity index (χ2v) is 3.32.